The van der Waals surface area contributed by atoms with E-state index < -0.39 is 6.04 Å². The van der Waals surface area contributed by atoms with E-state index in [-0.39, 0.29) is 12.5 Å². The van der Waals surface area contributed by atoms with Crippen LogP contribution in [-0.2, 0) is 6.42 Å². The van der Waals surface area contributed by atoms with Crippen molar-refractivity contribution in [3.8, 4) is 17.1 Å². The summed E-state index contributed by atoms with van der Waals surface area (Å²) in [5, 5.41) is 17.2. The third-order valence-corrected chi connectivity index (χ3v) is 4.79. The number of nitrogens with zero attached hydrogens (tertiary/aromatic N) is 3. The summed E-state index contributed by atoms with van der Waals surface area (Å²) in [7, 11) is 0. The average molecular weight is 398 g/mol. The number of nitrogens with one attached hydrogen (secondary N) is 1. The maximum Gasteiger partial charge on any atom is 0.255 e. The smallest absolute Gasteiger partial charge is 0.255 e. The van der Waals surface area contributed by atoms with Gasteiger partial charge in [0.1, 0.15) is 0 Å². The summed E-state index contributed by atoms with van der Waals surface area (Å²) in [5.41, 5.74) is 3.22. The fourth-order valence-corrected chi connectivity index (χ4v) is 3.28. The fourth-order valence-electron chi connectivity index (χ4n) is 3.28. The number of carbonyl (C=O) groups excluding carboxylic acids is 1. The highest BCUT2D eigenvalue weighted by atomic mass is 16.3. The number of aliphatic hydroxyl groups excluding tert-OH is 1. The van der Waals surface area contributed by atoms with Gasteiger partial charge < -0.3 is 10.4 Å². The lowest BCUT2D eigenvalue weighted by Crippen LogP contribution is -2.39. The van der Waals surface area contributed by atoms with E-state index in [2.05, 4.69) is 15.4 Å². The summed E-state index contributed by atoms with van der Waals surface area (Å²) in [4.78, 5) is 17.3. The van der Waals surface area contributed by atoms with E-state index in [0.717, 1.165) is 16.8 Å². The molecule has 0 aliphatic carbocycles. The van der Waals surface area contributed by atoms with Gasteiger partial charge >= 0.3 is 0 Å². The number of aromatic nitrogens is 3. The van der Waals surface area contributed by atoms with Gasteiger partial charge in [-0.3, -0.25) is 4.79 Å². The first-order valence-corrected chi connectivity index (χ1v) is 9.77. The van der Waals surface area contributed by atoms with Crippen molar-refractivity contribution in [1.82, 2.24) is 20.1 Å². The van der Waals surface area contributed by atoms with Crippen LogP contribution < -0.4 is 5.32 Å². The molecule has 150 valence electrons. The Kier molecular flexibility index (Phi) is 5.96. The molecule has 4 aromatic rings. The van der Waals surface area contributed by atoms with Gasteiger partial charge in [-0.25, -0.2) is 9.67 Å². The van der Waals surface area contributed by atoms with Gasteiger partial charge in [0, 0.05) is 18.0 Å². The Labute approximate surface area is 174 Å². The van der Waals surface area contributed by atoms with Crippen LogP contribution in [0.3, 0.4) is 0 Å². The molecule has 1 unspecified atom stereocenters. The number of aliphatic hydroxyl groups is 1. The molecule has 6 nitrogen and oxygen atoms in total. The molecule has 0 spiro atoms. The van der Waals surface area contributed by atoms with Crippen LogP contribution in [0.4, 0.5) is 0 Å². The van der Waals surface area contributed by atoms with Gasteiger partial charge in [0.2, 0.25) is 0 Å². The molecule has 1 amide bonds. The topological polar surface area (TPSA) is 80.0 Å². The minimum Gasteiger partial charge on any atom is -0.394 e. The van der Waals surface area contributed by atoms with Crippen molar-refractivity contribution in [1.29, 1.82) is 0 Å². The fraction of sp³-hybridized carbons (Fsp3) is 0.125. The van der Waals surface area contributed by atoms with Crippen LogP contribution in [0.1, 0.15) is 15.9 Å². The van der Waals surface area contributed by atoms with Gasteiger partial charge in [-0.15, -0.1) is 0 Å². The van der Waals surface area contributed by atoms with Gasteiger partial charge in [0.15, 0.2) is 5.82 Å². The van der Waals surface area contributed by atoms with E-state index >= 15 is 0 Å². The van der Waals surface area contributed by atoms with Crippen molar-refractivity contribution in [2.75, 3.05) is 6.61 Å². The first-order valence-electron chi connectivity index (χ1n) is 9.77. The molecule has 2 aromatic carbocycles. The zero-order valence-electron chi connectivity index (χ0n) is 16.3. The summed E-state index contributed by atoms with van der Waals surface area (Å²) >= 11 is 0. The first-order chi connectivity index (χ1) is 14.7. The molecule has 4 rings (SSSR count). The highest BCUT2D eigenvalue weighted by Gasteiger charge is 2.18. The molecular formula is C24H22N4O2. The molecule has 0 bridgehead atoms. The van der Waals surface area contributed by atoms with Gasteiger partial charge in [0.05, 0.1) is 23.9 Å². The van der Waals surface area contributed by atoms with Crippen LogP contribution in [0.25, 0.3) is 17.1 Å². The van der Waals surface area contributed by atoms with Crippen LogP contribution in [0.5, 0.6) is 0 Å². The lowest BCUT2D eigenvalue weighted by atomic mass is 10.1. The molecule has 0 radical (unpaired) electrons. The quantitative estimate of drug-likeness (QED) is 0.501. The predicted molar refractivity (Wildman–Crippen MR) is 115 cm³/mol. The molecule has 6 heteroatoms. The maximum absolute atomic E-state index is 13.0. The molecule has 2 N–H and O–H groups in total. The maximum atomic E-state index is 13.0. The van der Waals surface area contributed by atoms with Gasteiger partial charge in [0.25, 0.3) is 5.91 Å². The summed E-state index contributed by atoms with van der Waals surface area (Å²) in [6.07, 6.45) is 3.96. The van der Waals surface area contributed by atoms with E-state index in [4.69, 9.17) is 0 Å². The van der Waals surface area contributed by atoms with Crippen LogP contribution >= 0.6 is 0 Å². The predicted octanol–water partition coefficient (Wildman–Crippen LogP) is 3.27. The Balaban J connectivity index is 1.56. The molecule has 0 aliphatic heterocycles. The Morgan fingerprint density at radius 2 is 1.70 bits per heavy atom. The van der Waals surface area contributed by atoms with E-state index in [1.807, 2.05) is 66.7 Å². The van der Waals surface area contributed by atoms with Crippen molar-refractivity contribution >= 4 is 5.91 Å². The summed E-state index contributed by atoms with van der Waals surface area (Å²) < 4.78 is 1.60. The van der Waals surface area contributed by atoms with Crippen molar-refractivity contribution in [3.05, 3.63) is 102 Å². The molecule has 0 fully saturated rings. The molecule has 0 saturated carbocycles. The van der Waals surface area contributed by atoms with Crippen LogP contribution in [-0.4, -0.2) is 38.4 Å². The van der Waals surface area contributed by atoms with Gasteiger partial charge in [-0.1, -0.05) is 60.7 Å². The normalized spacial score (nSPS) is 11.8. The van der Waals surface area contributed by atoms with Gasteiger partial charge in [-0.2, -0.15) is 5.10 Å². The molecule has 2 heterocycles. The SMILES string of the molecule is O=C(NC(CO)Cc1ccccc1)c1cccnc1-n1ccc(-c2ccccc2)n1. The van der Waals surface area contributed by atoms with Crippen molar-refractivity contribution < 1.29 is 9.90 Å². The van der Waals surface area contributed by atoms with E-state index in [0.29, 0.717) is 17.8 Å². The number of benzene rings is 2. The highest BCUT2D eigenvalue weighted by molar-refractivity contribution is 5.97. The lowest BCUT2D eigenvalue weighted by Gasteiger charge is -2.17. The zero-order valence-corrected chi connectivity index (χ0v) is 16.3. The Morgan fingerprint density at radius 1 is 0.967 bits per heavy atom. The van der Waals surface area contributed by atoms with Crippen LogP contribution in [0.15, 0.2) is 91.3 Å². The third kappa shape index (κ3) is 4.45. The Morgan fingerprint density at radius 3 is 2.43 bits per heavy atom. The summed E-state index contributed by atoms with van der Waals surface area (Å²) in [6.45, 7) is -0.157. The number of amides is 1. The number of carbonyl (C=O) groups is 1. The van der Waals surface area contributed by atoms with E-state index in [1.165, 1.54) is 0 Å². The largest absolute Gasteiger partial charge is 0.394 e. The average Bonchev–Trinajstić information content (AvgIpc) is 3.30. The van der Waals surface area contributed by atoms with Crippen molar-refractivity contribution in [2.45, 2.75) is 12.5 Å². The molecular weight excluding hydrogens is 376 g/mol. The molecule has 30 heavy (non-hydrogen) atoms. The second-order valence-corrected chi connectivity index (χ2v) is 6.93. The summed E-state index contributed by atoms with van der Waals surface area (Å²) in [6, 6.07) is 24.5. The standard InChI is InChI=1S/C24H22N4O2/c29-17-20(16-18-8-3-1-4-9-18)26-24(30)21-12-7-14-25-23(21)28-15-13-22(27-28)19-10-5-2-6-11-19/h1-15,20,29H,16-17H2,(H,26,30). The number of rotatable bonds is 7. The minimum atomic E-state index is -0.398. The monoisotopic (exact) mass is 398 g/mol. The highest BCUT2D eigenvalue weighted by Crippen LogP contribution is 2.19. The second kappa shape index (κ2) is 9.15. The van der Waals surface area contributed by atoms with Gasteiger partial charge in [-0.05, 0) is 30.2 Å². The number of hydrogen-bond donors (Lipinski definition) is 2. The summed E-state index contributed by atoms with van der Waals surface area (Å²) in [5.74, 6) is 0.137. The zero-order chi connectivity index (χ0) is 20.8. The van der Waals surface area contributed by atoms with Crippen LogP contribution in [0.2, 0.25) is 0 Å². The van der Waals surface area contributed by atoms with Crippen molar-refractivity contribution in [2.24, 2.45) is 0 Å². The van der Waals surface area contributed by atoms with Crippen molar-refractivity contribution in [3.63, 3.8) is 0 Å². The molecule has 0 aliphatic rings. The van der Waals surface area contributed by atoms with E-state index in [9.17, 15) is 9.90 Å². The Hall–Kier alpha value is -3.77. The van der Waals surface area contributed by atoms with E-state index in [1.54, 1.807) is 29.2 Å². The number of hydrogen-bond acceptors (Lipinski definition) is 4. The lowest BCUT2D eigenvalue weighted by molar-refractivity contribution is 0.0916. The van der Waals surface area contributed by atoms with Crippen LogP contribution in [0, 0.1) is 0 Å². The minimum absolute atomic E-state index is 0.157. The molecule has 0 saturated heterocycles. The molecule has 2 aromatic heterocycles. The second-order valence-electron chi connectivity index (χ2n) is 6.93. The molecule has 1 atom stereocenters. The Bertz CT molecular complexity index is 1110. The third-order valence-electron chi connectivity index (χ3n) is 4.79. The number of pyridine rings is 1. The first kappa shape index (κ1) is 19.5.